The van der Waals surface area contributed by atoms with Gasteiger partial charge in [0, 0.05) is 17.6 Å². The summed E-state index contributed by atoms with van der Waals surface area (Å²) < 4.78 is 32.6. The molecule has 0 bridgehead atoms. The van der Waals surface area contributed by atoms with Gasteiger partial charge in [-0.2, -0.15) is 4.31 Å². The highest BCUT2D eigenvalue weighted by Gasteiger charge is 2.37. The molecule has 1 saturated heterocycles. The Bertz CT molecular complexity index is 646. The molecule has 1 unspecified atom stereocenters. The van der Waals surface area contributed by atoms with Gasteiger partial charge in [0.1, 0.15) is 10.6 Å². The van der Waals surface area contributed by atoms with Crippen LogP contribution in [0.25, 0.3) is 0 Å². The Balaban J connectivity index is 2.36. The van der Waals surface area contributed by atoms with Gasteiger partial charge in [0.15, 0.2) is 0 Å². The first kappa shape index (κ1) is 16.3. The standard InChI is InChI=1S/C13H16BrNO5S/c1-2-20-11-4-3-10(14)7-12(11)21(18,19)15-6-5-9(8-15)13(16)17/h3-4,7,9H,2,5-6,8H2,1H3,(H,16,17). The molecule has 0 radical (unpaired) electrons. The van der Waals surface area contributed by atoms with E-state index in [1.54, 1.807) is 19.1 Å². The average Bonchev–Trinajstić information content (AvgIpc) is 2.91. The SMILES string of the molecule is CCOc1ccc(Br)cc1S(=O)(=O)N1CCC(C(=O)O)C1. The van der Waals surface area contributed by atoms with E-state index in [2.05, 4.69) is 15.9 Å². The number of carboxylic acid groups (broad SMARTS) is 1. The molecule has 116 valence electrons. The van der Waals surface area contributed by atoms with Crippen LogP contribution in [0.2, 0.25) is 0 Å². The van der Waals surface area contributed by atoms with Gasteiger partial charge in [0.25, 0.3) is 0 Å². The molecule has 1 aliphatic rings. The number of hydrogen-bond donors (Lipinski definition) is 1. The molecular weight excluding hydrogens is 362 g/mol. The maximum atomic E-state index is 12.7. The van der Waals surface area contributed by atoms with E-state index < -0.39 is 21.9 Å². The van der Waals surface area contributed by atoms with E-state index in [-0.39, 0.29) is 23.7 Å². The summed E-state index contributed by atoms with van der Waals surface area (Å²) in [4.78, 5) is 11.0. The Labute approximate surface area is 131 Å². The van der Waals surface area contributed by atoms with Gasteiger partial charge in [-0.25, -0.2) is 8.42 Å². The zero-order chi connectivity index (χ0) is 15.6. The predicted molar refractivity (Wildman–Crippen MR) is 79.8 cm³/mol. The van der Waals surface area contributed by atoms with E-state index in [0.29, 0.717) is 17.5 Å². The number of carboxylic acids is 1. The molecular formula is C13H16BrNO5S. The molecule has 1 heterocycles. The lowest BCUT2D eigenvalue weighted by Crippen LogP contribution is -2.30. The fourth-order valence-corrected chi connectivity index (χ4v) is 4.42. The highest BCUT2D eigenvalue weighted by atomic mass is 79.9. The largest absolute Gasteiger partial charge is 0.492 e. The summed E-state index contributed by atoms with van der Waals surface area (Å²) in [6, 6.07) is 4.77. The molecule has 8 heteroatoms. The number of halogens is 1. The first-order valence-electron chi connectivity index (χ1n) is 6.51. The van der Waals surface area contributed by atoms with Crippen LogP contribution in [0.5, 0.6) is 5.75 Å². The fraction of sp³-hybridized carbons (Fsp3) is 0.462. The molecule has 1 aromatic carbocycles. The summed E-state index contributed by atoms with van der Waals surface area (Å²) in [5, 5.41) is 9.00. The van der Waals surface area contributed by atoms with Crippen LogP contribution in [0.1, 0.15) is 13.3 Å². The Morgan fingerprint density at radius 3 is 2.81 bits per heavy atom. The van der Waals surface area contributed by atoms with Crippen molar-refractivity contribution in [2.75, 3.05) is 19.7 Å². The Morgan fingerprint density at radius 1 is 1.52 bits per heavy atom. The topological polar surface area (TPSA) is 83.9 Å². The summed E-state index contributed by atoms with van der Waals surface area (Å²) in [5.41, 5.74) is 0. The van der Waals surface area contributed by atoms with Crippen LogP contribution in [0, 0.1) is 5.92 Å². The normalized spacial score (nSPS) is 19.6. The Hall–Kier alpha value is -1.12. The molecule has 2 rings (SSSR count). The van der Waals surface area contributed by atoms with Crippen molar-refractivity contribution in [3.8, 4) is 5.75 Å². The fourth-order valence-electron chi connectivity index (χ4n) is 2.25. The summed E-state index contributed by atoms with van der Waals surface area (Å²) in [5.74, 6) is -1.34. The van der Waals surface area contributed by atoms with Crippen molar-refractivity contribution in [3.63, 3.8) is 0 Å². The number of nitrogens with zero attached hydrogens (tertiary/aromatic N) is 1. The van der Waals surface area contributed by atoms with Gasteiger partial charge >= 0.3 is 5.97 Å². The molecule has 1 atom stereocenters. The second-order valence-electron chi connectivity index (χ2n) is 4.71. The van der Waals surface area contributed by atoms with Crippen LogP contribution in [-0.4, -0.2) is 43.5 Å². The van der Waals surface area contributed by atoms with Crippen LogP contribution >= 0.6 is 15.9 Å². The number of benzene rings is 1. The number of aliphatic carboxylic acids is 1. The van der Waals surface area contributed by atoms with E-state index in [9.17, 15) is 13.2 Å². The average molecular weight is 378 g/mol. The van der Waals surface area contributed by atoms with Crippen molar-refractivity contribution < 1.29 is 23.1 Å². The van der Waals surface area contributed by atoms with Crippen LogP contribution in [-0.2, 0) is 14.8 Å². The van der Waals surface area contributed by atoms with E-state index in [0.717, 1.165) is 0 Å². The van der Waals surface area contributed by atoms with E-state index in [1.807, 2.05) is 0 Å². The molecule has 0 saturated carbocycles. The number of ether oxygens (including phenoxy) is 1. The maximum Gasteiger partial charge on any atom is 0.307 e. The van der Waals surface area contributed by atoms with Crippen molar-refractivity contribution in [2.24, 2.45) is 5.92 Å². The Kier molecular flexibility index (Phi) is 4.90. The van der Waals surface area contributed by atoms with Crippen molar-refractivity contribution in [2.45, 2.75) is 18.2 Å². The smallest absolute Gasteiger partial charge is 0.307 e. The lowest BCUT2D eigenvalue weighted by molar-refractivity contribution is -0.141. The Morgan fingerprint density at radius 2 is 2.24 bits per heavy atom. The highest BCUT2D eigenvalue weighted by molar-refractivity contribution is 9.10. The molecule has 1 N–H and O–H groups in total. The summed E-state index contributed by atoms with van der Waals surface area (Å²) in [6.07, 6.45) is 0.326. The van der Waals surface area contributed by atoms with Crippen LogP contribution < -0.4 is 4.74 Å². The van der Waals surface area contributed by atoms with Gasteiger partial charge in [0.05, 0.1) is 12.5 Å². The van der Waals surface area contributed by atoms with Crippen molar-refractivity contribution in [1.82, 2.24) is 4.31 Å². The van der Waals surface area contributed by atoms with Crippen molar-refractivity contribution in [3.05, 3.63) is 22.7 Å². The van der Waals surface area contributed by atoms with Crippen LogP contribution in [0.15, 0.2) is 27.6 Å². The maximum absolute atomic E-state index is 12.7. The minimum atomic E-state index is -3.77. The van der Waals surface area contributed by atoms with E-state index in [1.165, 1.54) is 10.4 Å². The van der Waals surface area contributed by atoms with Crippen LogP contribution in [0.4, 0.5) is 0 Å². The molecule has 21 heavy (non-hydrogen) atoms. The number of carbonyl (C=O) groups is 1. The molecule has 1 aromatic rings. The van der Waals surface area contributed by atoms with Gasteiger partial charge in [-0.15, -0.1) is 0 Å². The van der Waals surface area contributed by atoms with Crippen LogP contribution in [0.3, 0.4) is 0 Å². The zero-order valence-electron chi connectivity index (χ0n) is 11.5. The number of rotatable bonds is 5. The zero-order valence-corrected chi connectivity index (χ0v) is 13.9. The van der Waals surface area contributed by atoms with Gasteiger partial charge in [0.2, 0.25) is 10.0 Å². The molecule has 1 fully saturated rings. The first-order chi connectivity index (χ1) is 9.86. The third kappa shape index (κ3) is 3.38. The third-order valence-corrected chi connectivity index (χ3v) is 5.70. The number of sulfonamides is 1. The van der Waals surface area contributed by atoms with Gasteiger partial charge in [-0.05, 0) is 31.5 Å². The molecule has 0 amide bonds. The van der Waals surface area contributed by atoms with Gasteiger partial charge < -0.3 is 9.84 Å². The molecule has 1 aliphatic heterocycles. The summed E-state index contributed by atoms with van der Waals surface area (Å²) >= 11 is 3.25. The van der Waals surface area contributed by atoms with Crippen molar-refractivity contribution in [1.29, 1.82) is 0 Å². The number of hydrogen-bond acceptors (Lipinski definition) is 4. The molecule has 0 spiro atoms. The quantitative estimate of drug-likeness (QED) is 0.847. The lowest BCUT2D eigenvalue weighted by atomic mass is 10.1. The van der Waals surface area contributed by atoms with E-state index in [4.69, 9.17) is 9.84 Å². The molecule has 6 nitrogen and oxygen atoms in total. The predicted octanol–water partition coefficient (Wildman–Crippen LogP) is 1.94. The molecule has 0 aromatic heterocycles. The lowest BCUT2D eigenvalue weighted by Gasteiger charge is -2.18. The monoisotopic (exact) mass is 377 g/mol. The van der Waals surface area contributed by atoms with Crippen molar-refractivity contribution >= 4 is 31.9 Å². The highest BCUT2D eigenvalue weighted by Crippen LogP contribution is 2.32. The second kappa shape index (κ2) is 6.33. The second-order valence-corrected chi connectivity index (χ2v) is 7.53. The summed E-state index contributed by atoms with van der Waals surface area (Å²) in [6.45, 7) is 2.32. The minimum absolute atomic E-state index is 0.00422. The minimum Gasteiger partial charge on any atom is -0.492 e. The summed E-state index contributed by atoms with van der Waals surface area (Å²) in [7, 11) is -3.77. The van der Waals surface area contributed by atoms with Gasteiger partial charge in [-0.3, -0.25) is 4.79 Å². The third-order valence-electron chi connectivity index (χ3n) is 3.32. The van der Waals surface area contributed by atoms with Gasteiger partial charge in [-0.1, -0.05) is 15.9 Å². The molecule has 0 aliphatic carbocycles. The van der Waals surface area contributed by atoms with E-state index >= 15 is 0 Å². The first-order valence-corrected chi connectivity index (χ1v) is 8.75.